The lowest BCUT2D eigenvalue weighted by Gasteiger charge is -2.44. The fourth-order valence-corrected chi connectivity index (χ4v) is 4.88. The van der Waals surface area contributed by atoms with Crippen LogP contribution in [0.15, 0.2) is 6.07 Å². The molecule has 2 aliphatic heterocycles. The smallest absolute Gasteiger partial charge is 0.261 e. The van der Waals surface area contributed by atoms with E-state index in [2.05, 4.69) is 12.2 Å². The van der Waals surface area contributed by atoms with Crippen molar-refractivity contribution in [3.05, 3.63) is 21.4 Å². The summed E-state index contributed by atoms with van der Waals surface area (Å²) in [6, 6.07) is 1.99. The Bertz CT molecular complexity index is 718. The molecule has 6 nitrogen and oxygen atoms in total. The molecule has 0 radical (unpaired) electrons. The summed E-state index contributed by atoms with van der Waals surface area (Å²) in [7, 11) is 0. The van der Waals surface area contributed by atoms with E-state index in [-0.39, 0.29) is 17.4 Å². The number of thiophene rings is 1. The van der Waals surface area contributed by atoms with Crippen molar-refractivity contribution in [3.63, 3.8) is 0 Å². The van der Waals surface area contributed by atoms with Gasteiger partial charge in [-0.15, -0.1) is 11.3 Å². The van der Waals surface area contributed by atoms with E-state index in [0.29, 0.717) is 32.5 Å². The second kappa shape index (κ2) is 7.53. The van der Waals surface area contributed by atoms with Gasteiger partial charge in [0.2, 0.25) is 0 Å². The number of hydrogen-bond donors (Lipinski definition) is 2. The van der Waals surface area contributed by atoms with Crippen LogP contribution in [0.4, 0.5) is 0 Å². The van der Waals surface area contributed by atoms with E-state index in [0.717, 1.165) is 23.3 Å². The monoisotopic (exact) mass is 394 g/mol. The van der Waals surface area contributed by atoms with Crippen LogP contribution < -0.4 is 5.32 Å². The van der Waals surface area contributed by atoms with E-state index >= 15 is 0 Å². The Morgan fingerprint density at radius 3 is 2.67 bits per heavy atom. The maximum atomic E-state index is 12.7. The first-order valence-electron chi connectivity index (χ1n) is 9.74. The quantitative estimate of drug-likeness (QED) is 0.822. The van der Waals surface area contributed by atoms with Crippen molar-refractivity contribution in [3.8, 4) is 0 Å². The first kappa shape index (κ1) is 20.3. The van der Waals surface area contributed by atoms with Gasteiger partial charge in [0.1, 0.15) is 6.10 Å². The number of nitrogens with zero attached hydrogens (tertiary/aromatic N) is 1. The molecule has 1 atom stereocenters. The topological polar surface area (TPSA) is 78.9 Å². The summed E-state index contributed by atoms with van der Waals surface area (Å²) in [6.07, 6.45) is 2.10. The molecular weight excluding hydrogens is 364 g/mol. The summed E-state index contributed by atoms with van der Waals surface area (Å²) in [5, 5.41) is 12.7. The minimum Gasteiger partial charge on any atom is -0.384 e. The molecule has 150 valence electrons. The maximum Gasteiger partial charge on any atom is 0.261 e. The molecule has 1 fully saturated rings. The number of ether oxygens (including phenoxy) is 1. The number of carbonyl (C=O) groups excluding carboxylic acids is 2. The molecule has 3 rings (SSSR count). The number of likely N-dealkylation sites (tertiary alicyclic amines) is 1. The number of aliphatic hydroxyl groups is 1. The Balaban J connectivity index is 1.79. The molecule has 2 aliphatic rings. The van der Waals surface area contributed by atoms with Crippen molar-refractivity contribution >= 4 is 23.2 Å². The third-order valence-electron chi connectivity index (χ3n) is 5.81. The van der Waals surface area contributed by atoms with E-state index in [1.807, 2.05) is 19.9 Å². The minimum atomic E-state index is -0.972. The lowest BCUT2D eigenvalue weighted by atomic mass is 9.82. The highest BCUT2D eigenvalue weighted by Crippen LogP contribution is 2.44. The van der Waals surface area contributed by atoms with Crippen molar-refractivity contribution in [2.45, 2.75) is 70.6 Å². The van der Waals surface area contributed by atoms with Gasteiger partial charge in [-0.05, 0) is 51.7 Å². The molecule has 0 saturated carbocycles. The summed E-state index contributed by atoms with van der Waals surface area (Å²) in [6.45, 7) is 9.37. The fraction of sp³-hybridized carbons (Fsp3) is 0.700. The molecular formula is C20H30N2O4S. The number of amides is 2. The van der Waals surface area contributed by atoms with Crippen molar-refractivity contribution in [2.75, 3.05) is 19.7 Å². The average Bonchev–Trinajstić information content (AvgIpc) is 3.08. The Morgan fingerprint density at radius 2 is 2.07 bits per heavy atom. The van der Waals surface area contributed by atoms with Gasteiger partial charge in [0.15, 0.2) is 0 Å². The van der Waals surface area contributed by atoms with Crippen LogP contribution in [0.5, 0.6) is 0 Å². The molecule has 0 aromatic carbocycles. The fourth-order valence-electron chi connectivity index (χ4n) is 3.75. The van der Waals surface area contributed by atoms with E-state index < -0.39 is 11.7 Å². The first-order chi connectivity index (χ1) is 12.7. The summed E-state index contributed by atoms with van der Waals surface area (Å²) in [5.74, 6) is -0.258. The molecule has 1 unspecified atom stereocenters. The van der Waals surface area contributed by atoms with Crippen LogP contribution in [0.1, 0.15) is 67.1 Å². The molecule has 0 aliphatic carbocycles. The van der Waals surface area contributed by atoms with Crippen molar-refractivity contribution in [2.24, 2.45) is 0 Å². The number of rotatable bonds is 4. The van der Waals surface area contributed by atoms with Crippen LogP contribution in [0.2, 0.25) is 0 Å². The largest absolute Gasteiger partial charge is 0.384 e. The molecule has 3 heterocycles. The summed E-state index contributed by atoms with van der Waals surface area (Å²) < 4.78 is 6.21. The van der Waals surface area contributed by atoms with Crippen LogP contribution in [0, 0.1) is 0 Å². The van der Waals surface area contributed by atoms with Crippen LogP contribution in [0.3, 0.4) is 0 Å². The molecule has 1 aromatic rings. The van der Waals surface area contributed by atoms with Crippen LogP contribution >= 0.6 is 11.3 Å². The minimum absolute atomic E-state index is 0.0295. The standard InChI is InChI=1S/C20H30N2O4S/c1-5-19(3,4)21-17(24)16-12-14-15(27-16)6-11-26-20(14)7-9-22(10-8-20)18(25)13(2)23/h12-13,23H,5-11H2,1-4H3,(H,21,24). The van der Waals surface area contributed by atoms with E-state index in [9.17, 15) is 14.7 Å². The number of nitrogens with one attached hydrogen (secondary N) is 1. The molecule has 7 heteroatoms. The van der Waals surface area contributed by atoms with Gasteiger partial charge in [-0.2, -0.15) is 0 Å². The summed E-state index contributed by atoms with van der Waals surface area (Å²) >= 11 is 1.56. The van der Waals surface area contributed by atoms with E-state index in [1.54, 1.807) is 16.2 Å². The Labute approximate surface area is 164 Å². The zero-order valence-corrected chi connectivity index (χ0v) is 17.4. The second-order valence-electron chi connectivity index (χ2n) is 8.23. The van der Waals surface area contributed by atoms with Gasteiger partial charge in [-0.1, -0.05) is 6.92 Å². The maximum absolute atomic E-state index is 12.7. The Hall–Kier alpha value is -1.44. The normalized spacial score (nSPS) is 20.3. The van der Waals surface area contributed by atoms with Gasteiger partial charge in [-0.25, -0.2) is 0 Å². The number of piperidine rings is 1. The SMILES string of the molecule is CCC(C)(C)NC(=O)c1cc2c(s1)CCOC21CCN(C(=O)C(C)O)CC1. The molecule has 27 heavy (non-hydrogen) atoms. The third-order valence-corrected chi connectivity index (χ3v) is 7.00. The summed E-state index contributed by atoms with van der Waals surface area (Å²) in [5.41, 5.74) is 0.461. The Morgan fingerprint density at radius 1 is 1.41 bits per heavy atom. The number of fused-ring (bicyclic) bond motifs is 2. The molecule has 2 amide bonds. The van der Waals surface area contributed by atoms with Crippen LogP contribution in [-0.2, 0) is 21.6 Å². The van der Waals surface area contributed by atoms with E-state index in [1.165, 1.54) is 11.8 Å². The van der Waals surface area contributed by atoms with Gasteiger partial charge >= 0.3 is 0 Å². The highest BCUT2D eigenvalue weighted by molar-refractivity contribution is 7.14. The number of aliphatic hydroxyl groups excluding tert-OH is 1. The lowest BCUT2D eigenvalue weighted by molar-refractivity contribution is -0.148. The van der Waals surface area contributed by atoms with Gasteiger partial charge in [0, 0.05) is 29.9 Å². The van der Waals surface area contributed by atoms with Crippen LogP contribution in [-0.4, -0.2) is 53.2 Å². The Kier molecular flexibility index (Phi) is 5.66. The molecule has 2 N–H and O–H groups in total. The molecule has 1 saturated heterocycles. The zero-order valence-electron chi connectivity index (χ0n) is 16.6. The van der Waals surface area contributed by atoms with Crippen molar-refractivity contribution in [1.82, 2.24) is 10.2 Å². The van der Waals surface area contributed by atoms with Gasteiger partial charge < -0.3 is 20.1 Å². The van der Waals surface area contributed by atoms with Crippen molar-refractivity contribution in [1.29, 1.82) is 0 Å². The zero-order chi connectivity index (χ0) is 19.8. The predicted molar refractivity (Wildman–Crippen MR) is 105 cm³/mol. The van der Waals surface area contributed by atoms with Crippen molar-refractivity contribution < 1.29 is 19.4 Å². The third kappa shape index (κ3) is 4.05. The van der Waals surface area contributed by atoms with Gasteiger partial charge in [-0.3, -0.25) is 9.59 Å². The number of carbonyl (C=O) groups is 2. The van der Waals surface area contributed by atoms with E-state index in [4.69, 9.17) is 4.74 Å². The van der Waals surface area contributed by atoms with Crippen LogP contribution in [0.25, 0.3) is 0 Å². The molecule has 0 bridgehead atoms. The number of hydrogen-bond acceptors (Lipinski definition) is 5. The predicted octanol–water partition coefficient (Wildman–Crippen LogP) is 2.44. The first-order valence-corrected chi connectivity index (χ1v) is 10.6. The molecule has 1 aromatic heterocycles. The van der Waals surface area contributed by atoms with Gasteiger partial charge in [0.25, 0.3) is 11.8 Å². The lowest BCUT2D eigenvalue weighted by Crippen LogP contribution is -2.50. The highest BCUT2D eigenvalue weighted by Gasteiger charge is 2.43. The molecule has 1 spiro atoms. The second-order valence-corrected chi connectivity index (χ2v) is 9.37. The summed E-state index contributed by atoms with van der Waals surface area (Å²) in [4.78, 5) is 28.4. The van der Waals surface area contributed by atoms with Gasteiger partial charge in [0.05, 0.1) is 17.1 Å². The highest BCUT2D eigenvalue weighted by atomic mass is 32.1. The average molecular weight is 395 g/mol.